The summed E-state index contributed by atoms with van der Waals surface area (Å²) >= 11 is 0. The number of hydrogen-bond acceptors (Lipinski definition) is 2. The topological polar surface area (TPSA) is 21.3 Å². The summed E-state index contributed by atoms with van der Waals surface area (Å²) < 4.78 is 44.2. The predicted molar refractivity (Wildman–Crippen MR) is 62.7 cm³/mol. The molecule has 18 heavy (non-hydrogen) atoms. The van der Waals surface area contributed by atoms with E-state index in [4.69, 9.17) is 4.74 Å². The van der Waals surface area contributed by atoms with E-state index in [1.54, 1.807) is 19.1 Å². The van der Waals surface area contributed by atoms with Gasteiger partial charge in [-0.1, -0.05) is 19.1 Å². The molecule has 1 atom stereocenters. The average molecular weight is 259 g/mol. The van der Waals surface area contributed by atoms with E-state index in [9.17, 15) is 13.2 Å². The van der Waals surface area contributed by atoms with Crippen LogP contribution in [0.1, 0.15) is 30.5 Å². The minimum atomic E-state index is -4.28. The van der Waals surface area contributed by atoms with Crippen LogP contribution in [0.5, 0.6) is 5.75 Å². The van der Waals surface area contributed by atoms with E-state index in [2.05, 4.69) is 5.32 Å². The number of rotatable bonds is 3. The van der Waals surface area contributed by atoms with Crippen molar-refractivity contribution in [3.8, 4) is 5.75 Å². The van der Waals surface area contributed by atoms with Crippen LogP contribution in [0.3, 0.4) is 0 Å². The monoisotopic (exact) mass is 259 g/mol. The minimum Gasteiger partial charge on any atom is -0.493 e. The Morgan fingerprint density at radius 3 is 2.83 bits per heavy atom. The second-order valence-corrected chi connectivity index (χ2v) is 4.35. The third kappa shape index (κ3) is 2.77. The first-order chi connectivity index (χ1) is 8.52. The molecule has 0 spiro atoms. The summed E-state index contributed by atoms with van der Waals surface area (Å²) in [5.41, 5.74) is 1.12. The van der Waals surface area contributed by atoms with Gasteiger partial charge in [0.2, 0.25) is 0 Å². The van der Waals surface area contributed by atoms with E-state index in [-0.39, 0.29) is 12.1 Å². The normalized spacial score (nSPS) is 16.9. The van der Waals surface area contributed by atoms with Crippen molar-refractivity contribution in [3.05, 3.63) is 29.3 Å². The summed E-state index contributed by atoms with van der Waals surface area (Å²) in [5, 5.41) is 2.48. The van der Waals surface area contributed by atoms with Crippen LogP contribution in [-0.2, 0) is 6.42 Å². The van der Waals surface area contributed by atoms with Crippen molar-refractivity contribution in [1.82, 2.24) is 5.32 Å². The Morgan fingerprint density at radius 1 is 1.39 bits per heavy atom. The Labute approximate surface area is 104 Å². The Balaban J connectivity index is 2.30. The molecule has 1 N–H and O–H groups in total. The van der Waals surface area contributed by atoms with Gasteiger partial charge in [0.1, 0.15) is 11.8 Å². The number of fused-ring (bicyclic) bond motifs is 1. The van der Waals surface area contributed by atoms with Gasteiger partial charge in [-0.3, -0.25) is 0 Å². The Kier molecular flexibility index (Phi) is 3.80. The first-order valence-electron chi connectivity index (χ1n) is 6.08. The molecule has 2 nitrogen and oxygen atoms in total. The summed E-state index contributed by atoms with van der Waals surface area (Å²) in [7, 11) is 0. The number of ether oxygens (including phenoxy) is 1. The zero-order chi connectivity index (χ0) is 13.2. The zero-order valence-electron chi connectivity index (χ0n) is 10.2. The molecule has 1 unspecified atom stereocenters. The predicted octanol–water partition coefficient (Wildman–Crippen LogP) is 3.22. The van der Waals surface area contributed by atoms with Gasteiger partial charge in [-0.05, 0) is 36.6 Å². The lowest BCUT2D eigenvalue weighted by Gasteiger charge is -2.24. The molecule has 0 aromatic heterocycles. The van der Waals surface area contributed by atoms with Crippen LogP contribution in [0.25, 0.3) is 0 Å². The smallest absolute Gasteiger partial charge is 0.407 e. The molecule has 1 aliphatic heterocycles. The molecule has 1 heterocycles. The number of nitrogens with one attached hydrogen (secondary N) is 1. The van der Waals surface area contributed by atoms with Crippen LogP contribution in [0, 0.1) is 0 Å². The number of alkyl halides is 3. The Hall–Kier alpha value is -1.23. The minimum absolute atomic E-state index is 0.258. The van der Waals surface area contributed by atoms with Crippen LogP contribution in [-0.4, -0.2) is 19.3 Å². The number of benzene rings is 1. The second kappa shape index (κ2) is 5.18. The number of hydrogen-bond donors (Lipinski definition) is 1. The molecule has 0 fully saturated rings. The van der Waals surface area contributed by atoms with Crippen molar-refractivity contribution < 1.29 is 17.9 Å². The average Bonchev–Trinajstić information content (AvgIpc) is 2.34. The highest BCUT2D eigenvalue weighted by Gasteiger charge is 2.40. The van der Waals surface area contributed by atoms with Crippen molar-refractivity contribution >= 4 is 0 Å². The summed E-state index contributed by atoms with van der Waals surface area (Å²) in [6, 6.07) is 3.13. The van der Waals surface area contributed by atoms with Crippen molar-refractivity contribution in [2.24, 2.45) is 0 Å². The lowest BCUT2D eigenvalue weighted by molar-refractivity contribution is -0.157. The van der Waals surface area contributed by atoms with Gasteiger partial charge in [0.05, 0.1) is 6.61 Å². The highest BCUT2D eigenvalue weighted by atomic mass is 19.4. The number of aryl methyl sites for hydroxylation is 1. The molecule has 1 aliphatic rings. The van der Waals surface area contributed by atoms with E-state index < -0.39 is 12.2 Å². The highest BCUT2D eigenvalue weighted by Crippen LogP contribution is 2.35. The van der Waals surface area contributed by atoms with E-state index in [0.29, 0.717) is 12.4 Å². The first-order valence-corrected chi connectivity index (χ1v) is 6.08. The van der Waals surface area contributed by atoms with Gasteiger partial charge in [-0.25, -0.2) is 0 Å². The lowest BCUT2D eigenvalue weighted by atomic mass is 9.99. The van der Waals surface area contributed by atoms with E-state index in [1.165, 1.54) is 6.07 Å². The maximum atomic E-state index is 12.9. The van der Waals surface area contributed by atoms with Crippen LogP contribution in [0.2, 0.25) is 0 Å². The fraction of sp³-hybridized carbons (Fsp3) is 0.538. The van der Waals surface area contributed by atoms with Gasteiger partial charge in [-0.15, -0.1) is 0 Å². The van der Waals surface area contributed by atoms with Crippen molar-refractivity contribution in [1.29, 1.82) is 0 Å². The molecule has 1 aromatic carbocycles. The molecule has 0 amide bonds. The zero-order valence-corrected chi connectivity index (χ0v) is 10.2. The summed E-state index contributed by atoms with van der Waals surface area (Å²) in [6.07, 6.45) is -2.64. The van der Waals surface area contributed by atoms with Gasteiger partial charge >= 0.3 is 6.18 Å². The van der Waals surface area contributed by atoms with Crippen molar-refractivity contribution in [2.45, 2.75) is 32.0 Å². The maximum absolute atomic E-state index is 12.9. The van der Waals surface area contributed by atoms with Crippen LogP contribution < -0.4 is 10.1 Å². The third-order valence-corrected chi connectivity index (χ3v) is 3.00. The van der Waals surface area contributed by atoms with Gasteiger partial charge < -0.3 is 10.1 Å². The summed E-state index contributed by atoms with van der Waals surface area (Å²) in [5.74, 6) is 0.711. The summed E-state index contributed by atoms with van der Waals surface area (Å²) in [6.45, 7) is 2.58. The molecule has 1 aromatic rings. The van der Waals surface area contributed by atoms with E-state index in [1.807, 2.05) is 0 Å². The van der Waals surface area contributed by atoms with Crippen molar-refractivity contribution in [3.63, 3.8) is 0 Å². The fourth-order valence-electron chi connectivity index (χ4n) is 2.19. The maximum Gasteiger partial charge on any atom is 0.407 e. The summed E-state index contributed by atoms with van der Waals surface area (Å²) in [4.78, 5) is 0. The Bertz CT molecular complexity index is 417. The standard InChI is InChI=1S/C13H16F3NO/c1-2-17-12(13(14,15)16)10-5-6-11-9(8-10)4-3-7-18-11/h5-6,8,12,17H,2-4,7H2,1H3. The van der Waals surface area contributed by atoms with Gasteiger partial charge in [0.15, 0.2) is 0 Å². The molecular weight excluding hydrogens is 243 g/mol. The molecule has 0 aliphatic carbocycles. The molecule has 2 rings (SSSR count). The first kappa shape index (κ1) is 13.2. The van der Waals surface area contributed by atoms with Gasteiger partial charge in [-0.2, -0.15) is 13.2 Å². The Morgan fingerprint density at radius 2 is 2.17 bits per heavy atom. The van der Waals surface area contributed by atoms with Gasteiger partial charge in [0.25, 0.3) is 0 Å². The van der Waals surface area contributed by atoms with Crippen LogP contribution in [0.4, 0.5) is 13.2 Å². The molecule has 0 bridgehead atoms. The molecule has 0 saturated heterocycles. The third-order valence-electron chi connectivity index (χ3n) is 3.00. The van der Waals surface area contributed by atoms with Crippen LogP contribution in [0.15, 0.2) is 18.2 Å². The van der Waals surface area contributed by atoms with Crippen LogP contribution >= 0.6 is 0 Å². The van der Waals surface area contributed by atoms with Gasteiger partial charge in [0, 0.05) is 0 Å². The largest absolute Gasteiger partial charge is 0.493 e. The number of halogens is 3. The SMILES string of the molecule is CCNC(c1ccc2c(c1)CCCO2)C(F)(F)F. The van der Waals surface area contributed by atoms with Crippen molar-refractivity contribution in [2.75, 3.05) is 13.2 Å². The van der Waals surface area contributed by atoms with E-state index >= 15 is 0 Å². The molecule has 0 saturated carbocycles. The quantitative estimate of drug-likeness (QED) is 0.899. The fourth-order valence-corrected chi connectivity index (χ4v) is 2.19. The lowest BCUT2D eigenvalue weighted by Crippen LogP contribution is -2.34. The molecule has 0 radical (unpaired) electrons. The molecule has 100 valence electrons. The molecule has 5 heteroatoms. The molecular formula is C13H16F3NO. The highest BCUT2D eigenvalue weighted by molar-refractivity contribution is 5.40. The second-order valence-electron chi connectivity index (χ2n) is 4.35. The van der Waals surface area contributed by atoms with E-state index in [0.717, 1.165) is 18.4 Å².